The highest BCUT2D eigenvalue weighted by Crippen LogP contribution is 2.27. The van der Waals surface area contributed by atoms with Gasteiger partial charge in [-0.25, -0.2) is 20.0 Å². The van der Waals surface area contributed by atoms with Crippen LogP contribution in [0.15, 0.2) is 59.8 Å². The topological polar surface area (TPSA) is 125 Å². The number of rotatable bonds is 7. The number of hydrogen-bond donors (Lipinski definition) is 1. The van der Waals surface area contributed by atoms with Crippen molar-refractivity contribution in [2.24, 2.45) is 5.10 Å². The first kappa shape index (κ1) is 22.9. The normalized spacial score (nSPS) is 11.1. The molecule has 0 unspecified atom stereocenters. The fraction of sp³-hybridized carbons (Fsp3) is 0.130. The number of nitro groups is 1. The molecule has 2 aromatic carbocycles. The number of aryl methyl sites for hydroxylation is 2. The monoisotopic (exact) mass is 478 g/mol. The second-order valence-corrected chi connectivity index (χ2v) is 7.87. The number of benzene rings is 2. The van der Waals surface area contributed by atoms with Gasteiger partial charge < -0.3 is 14.9 Å². The fourth-order valence-electron chi connectivity index (χ4n) is 3.23. The summed E-state index contributed by atoms with van der Waals surface area (Å²) in [6, 6.07) is 14.5. The van der Waals surface area contributed by atoms with Crippen LogP contribution in [-0.4, -0.2) is 31.6 Å². The molecular formula is C23H19ClN6O4. The number of pyridine rings is 1. The number of aromatic nitrogens is 3. The highest BCUT2D eigenvalue weighted by Gasteiger charge is 2.20. The third-order valence-corrected chi connectivity index (χ3v) is 5.16. The Morgan fingerprint density at radius 1 is 1.24 bits per heavy atom. The molecule has 2 heterocycles. The number of carbonyl (C=O) groups is 1. The molecule has 172 valence electrons. The highest BCUT2D eigenvalue weighted by atomic mass is 35.5. The maximum Gasteiger partial charge on any atom is 0.343 e. The average Bonchev–Trinajstić information content (AvgIpc) is 3.16. The van der Waals surface area contributed by atoms with E-state index in [2.05, 4.69) is 20.5 Å². The van der Waals surface area contributed by atoms with Crippen LogP contribution in [0.25, 0.3) is 10.9 Å². The van der Waals surface area contributed by atoms with Crippen molar-refractivity contribution >= 4 is 40.4 Å². The minimum Gasteiger partial charge on any atom is -0.438 e. The lowest BCUT2D eigenvalue weighted by Crippen LogP contribution is -2.24. The number of nitrogens with one attached hydrogen (secondary N) is 1. The molecule has 2 aromatic heterocycles. The Balaban J connectivity index is 1.58. The van der Waals surface area contributed by atoms with Gasteiger partial charge in [0.25, 0.3) is 5.91 Å². The van der Waals surface area contributed by atoms with Crippen LogP contribution < -0.4 is 10.2 Å². The maximum absolute atomic E-state index is 12.3. The minimum atomic E-state index is -0.598. The molecule has 1 N–H and O–H groups in total. The number of fused-ring (bicyclic) bond motifs is 1. The lowest BCUT2D eigenvalue weighted by molar-refractivity contribution is -0.392. The van der Waals surface area contributed by atoms with Crippen molar-refractivity contribution in [2.45, 2.75) is 20.4 Å². The summed E-state index contributed by atoms with van der Waals surface area (Å²) < 4.78 is 7.14. The quantitative estimate of drug-likeness (QED) is 0.236. The molecule has 0 spiro atoms. The summed E-state index contributed by atoms with van der Waals surface area (Å²) in [4.78, 5) is 31.3. The zero-order valence-corrected chi connectivity index (χ0v) is 19.0. The Hall–Kier alpha value is -4.31. The van der Waals surface area contributed by atoms with Gasteiger partial charge in [-0.05, 0) is 54.3 Å². The Morgan fingerprint density at radius 3 is 2.74 bits per heavy atom. The van der Waals surface area contributed by atoms with Gasteiger partial charge in [0.15, 0.2) is 12.4 Å². The molecule has 10 nitrogen and oxygen atoms in total. The number of hydrogen-bond acceptors (Lipinski definition) is 7. The van der Waals surface area contributed by atoms with E-state index in [0.29, 0.717) is 22.2 Å². The number of nitrogens with zero attached hydrogens (tertiary/aromatic N) is 5. The first-order valence-electron chi connectivity index (χ1n) is 10.1. The molecule has 0 saturated carbocycles. The largest absolute Gasteiger partial charge is 0.438 e. The van der Waals surface area contributed by atoms with Gasteiger partial charge in [0, 0.05) is 17.3 Å². The van der Waals surface area contributed by atoms with E-state index in [0.717, 1.165) is 22.7 Å². The van der Waals surface area contributed by atoms with Crippen LogP contribution in [0.4, 0.5) is 5.82 Å². The van der Waals surface area contributed by atoms with Crippen molar-refractivity contribution < 1.29 is 14.5 Å². The third kappa shape index (κ3) is 5.18. The van der Waals surface area contributed by atoms with E-state index in [4.69, 9.17) is 16.3 Å². The number of halogens is 1. The Labute approximate surface area is 199 Å². The molecular weight excluding hydrogens is 460 g/mol. The Bertz CT molecular complexity index is 1420. The number of ether oxygens (including phenoxy) is 1. The van der Waals surface area contributed by atoms with Crippen LogP contribution in [0, 0.1) is 24.0 Å². The summed E-state index contributed by atoms with van der Waals surface area (Å²) in [5.74, 6) is 0.343. The summed E-state index contributed by atoms with van der Waals surface area (Å²) in [6.07, 6.45) is 2.52. The van der Waals surface area contributed by atoms with Crippen LogP contribution >= 0.6 is 11.6 Å². The molecule has 0 bridgehead atoms. The summed E-state index contributed by atoms with van der Waals surface area (Å²) in [5, 5.41) is 16.6. The second kappa shape index (κ2) is 9.67. The van der Waals surface area contributed by atoms with E-state index >= 15 is 0 Å². The number of imidazole rings is 1. The second-order valence-electron chi connectivity index (χ2n) is 7.43. The predicted octanol–water partition coefficient (Wildman–Crippen LogP) is 4.55. The summed E-state index contributed by atoms with van der Waals surface area (Å²) in [6.45, 7) is 3.25. The van der Waals surface area contributed by atoms with E-state index in [9.17, 15) is 14.9 Å². The number of hydrazone groups is 1. The van der Waals surface area contributed by atoms with Crippen molar-refractivity contribution in [3.63, 3.8) is 0 Å². The van der Waals surface area contributed by atoms with Crippen molar-refractivity contribution in [1.29, 1.82) is 0 Å². The van der Waals surface area contributed by atoms with Crippen molar-refractivity contribution in [2.75, 3.05) is 0 Å². The maximum atomic E-state index is 12.3. The van der Waals surface area contributed by atoms with Crippen LogP contribution in [0.2, 0.25) is 5.02 Å². The smallest absolute Gasteiger partial charge is 0.343 e. The molecule has 0 atom stereocenters. The van der Waals surface area contributed by atoms with Gasteiger partial charge in [0.1, 0.15) is 11.9 Å². The first-order valence-corrected chi connectivity index (χ1v) is 10.5. The van der Waals surface area contributed by atoms with E-state index in [1.807, 2.05) is 31.2 Å². The molecule has 4 rings (SSSR count). The van der Waals surface area contributed by atoms with E-state index in [-0.39, 0.29) is 18.2 Å². The van der Waals surface area contributed by atoms with Crippen LogP contribution in [0.1, 0.15) is 17.0 Å². The molecule has 0 radical (unpaired) electrons. The van der Waals surface area contributed by atoms with Crippen molar-refractivity contribution in [3.8, 4) is 11.6 Å². The van der Waals surface area contributed by atoms with Gasteiger partial charge in [-0.2, -0.15) is 5.10 Å². The highest BCUT2D eigenvalue weighted by molar-refractivity contribution is 6.30. The molecule has 1 amide bonds. The summed E-state index contributed by atoms with van der Waals surface area (Å²) in [7, 11) is 0. The van der Waals surface area contributed by atoms with Gasteiger partial charge >= 0.3 is 5.82 Å². The zero-order chi connectivity index (χ0) is 24.2. The average molecular weight is 479 g/mol. The lowest BCUT2D eigenvalue weighted by Gasteiger charge is -2.10. The van der Waals surface area contributed by atoms with Crippen LogP contribution in [0.5, 0.6) is 11.6 Å². The van der Waals surface area contributed by atoms with Gasteiger partial charge in [-0.3, -0.25) is 4.79 Å². The van der Waals surface area contributed by atoms with Gasteiger partial charge in [-0.15, -0.1) is 0 Å². The van der Waals surface area contributed by atoms with E-state index in [1.54, 1.807) is 31.2 Å². The molecule has 0 aliphatic rings. The standard InChI is InChI=1S/C23H19ClN6O4/c1-14-3-8-20-16(9-14)10-17(23(27-20)34-19-6-4-18(24)5-7-19)11-26-28-21(31)13-29-15(2)25-12-22(29)30(32)33/h3-12H,13H2,1-2H3,(H,28,31)/b26-11+. The molecule has 11 heteroatoms. The van der Waals surface area contributed by atoms with E-state index in [1.165, 1.54) is 10.8 Å². The molecule has 0 aliphatic heterocycles. The molecule has 0 fully saturated rings. The van der Waals surface area contributed by atoms with Gasteiger partial charge in [0.2, 0.25) is 5.88 Å². The summed E-state index contributed by atoms with van der Waals surface area (Å²) >= 11 is 5.95. The number of carbonyl (C=O) groups excluding carboxylic acids is 1. The molecule has 4 aromatic rings. The molecule has 0 aliphatic carbocycles. The SMILES string of the molecule is Cc1ccc2nc(Oc3ccc(Cl)cc3)c(/C=N/NC(=O)Cn3c([N+](=O)[O-])cnc3C)cc2c1. The van der Waals surface area contributed by atoms with Gasteiger partial charge in [-0.1, -0.05) is 23.2 Å². The fourth-order valence-corrected chi connectivity index (χ4v) is 3.36. The third-order valence-electron chi connectivity index (χ3n) is 4.91. The minimum absolute atomic E-state index is 0.274. The Kier molecular flexibility index (Phi) is 6.51. The predicted molar refractivity (Wildman–Crippen MR) is 127 cm³/mol. The Morgan fingerprint density at radius 2 is 2.00 bits per heavy atom. The van der Waals surface area contributed by atoms with E-state index < -0.39 is 10.8 Å². The zero-order valence-electron chi connectivity index (χ0n) is 18.2. The van der Waals surface area contributed by atoms with Crippen molar-refractivity contribution in [1.82, 2.24) is 20.0 Å². The molecule has 0 saturated heterocycles. The first-order chi connectivity index (χ1) is 16.3. The summed E-state index contributed by atoms with van der Waals surface area (Å²) in [5.41, 5.74) is 4.70. The van der Waals surface area contributed by atoms with Crippen LogP contribution in [-0.2, 0) is 11.3 Å². The van der Waals surface area contributed by atoms with Crippen molar-refractivity contribution in [3.05, 3.63) is 86.8 Å². The lowest BCUT2D eigenvalue weighted by atomic mass is 10.1. The number of amides is 1. The molecule has 34 heavy (non-hydrogen) atoms. The van der Waals surface area contributed by atoms with Gasteiger partial charge in [0.05, 0.1) is 17.3 Å². The van der Waals surface area contributed by atoms with Crippen LogP contribution in [0.3, 0.4) is 0 Å².